The van der Waals surface area contributed by atoms with Crippen molar-refractivity contribution < 1.29 is 13.2 Å². The van der Waals surface area contributed by atoms with E-state index in [0.29, 0.717) is 16.7 Å². The summed E-state index contributed by atoms with van der Waals surface area (Å²) in [6.45, 7) is 2.56. The minimum Gasteiger partial charge on any atom is -0.312 e. The number of halogens is 1. The van der Waals surface area contributed by atoms with Gasteiger partial charge in [0.25, 0.3) is 10.0 Å². The largest absolute Gasteiger partial charge is 0.312 e. The lowest BCUT2D eigenvalue weighted by Crippen LogP contribution is -2.30. The zero-order valence-electron chi connectivity index (χ0n) is 14.3. The molecule has 1 amide bonds. The molecule has 136 valence electrons. The van der Waals surface area contributed by atoms with Gasteiger partial charge >= 0.3 is 0 Å². The Morgan fingerprint density at radius 1 is 1.19 bits per heavy atom. The van der Waals surface area contributed by atoms with Crippen molar-refractivity contribution in [3.05, 3.63) is 52.0 Å². The van der Waals surface area contributed by atoms with Crippen LogP contribution in [0.15, 0.2) is 45.8 Å². The fourth-order valence-corrected chi connectivity index (χ4v) is 5.37. The van der Waals surface area contributed by atoms with Gasteiger partial charge in [0.2, 0.25) is 5.91 Å². The molecule has 2 aliphatic rings. The van der Waals surface area contributed by atoms with Crippen LogP contribution < -0.4 is 9.62 Å². The number of aryl methyl sites for hydroxylation is 1. The number of hydrogen-bond donors (Lipinski definition) is 1. The average molecular weight is 435 g/mol. The molecule has 2 aromatic rings. The van der Waals surface area contributed by atoms with Crippen molar-refractivity contribution in [3.63, 3.8) is 0 Å². The van der Waals surface area contributed by atoms with Crippen LogP contribution in [0.5, 0.6) is 0 Å². The maximum Gasteiger partial charge on any atom is 0.263 e. The average Bonchev–Trinajstić information content (AvgIpc) is 3.36. The van der Waals surface area contributed by atoms with Crippen molar-refractivity contribution >= 4 is 43.2 Å². The molecule has 1 fully saturated rings. The summed E-state index contributed by atoms with van der Waals surface area (Å²) in [6, 6.07) is 10.6. The molecule has 0 spiro atoms. The van der Waals surface area contributed by atoms with E-state index in [1.165, 1.54) is 0 Å². The van der Waals surface area contributed by atoms with Crippen molar-refractivity contribution in [3.8, 4) is 0 Å². The summed E-state index contributed by atoms with van der Waals surface area (Å²) in [5.74, 6) is 0.219. The van der Waals surface area contributed by atoms with E-state index >= 15 is 0 Å². The first kappa shape index (κ1) is 17.5. The van der Waals surface area contributed by atoms with Crippen LogP contribution in [0.25, 0.3) is 0 Å². The molecule has 26 heavy (non-hydrogen) atoms. The molecular weight excluding hydrogens is 416 g/mol. The summed E-state index contributed by atoms with van der Waals surface area (Å²) < 4.78 is 28.9. The Hall–Kier alpha value is -1.86. The number of anilines is 2. The highest BCUT2D eigenvalue weighted by molar-refractivity contribution is 9.10. The number of nitrogens with one attached hydrogen (secondary N) is 1. The zero-order valence-corrected chi connectivity index (χ0v) is 16.7. The quantitative estimate of drug-likeness (QED) is 0.794. The van der Waals surface area contributed by atoms with E-state index in [-0.39, 0.29) is 16.7 Å². The van der Waals surface area contributed by atoms with E-state index in [4.69, 9.17) is 0 Å². The Balaban J connectivity index is 1.69. The van der Waals surface area contributed by atoms with Crippen LogP contribution >= 0.6 is 15.9 Å². The van der Waals surface area contributed by atoms with Gasteiger partial charge in [-0.15, -0.1) is 0 Å². The van der Waals surface area contributed by atoms with Gasteiger partial charge in [0.1, 0.15) is 4.90 Å². The fourth-order valence-electron chi connectivity index (χ4n) is 3.21. The van der Waals surface area contributed by atoms with Crippen molar-refractivity contribution in [2.24, 2.45) is 5.92 Å². The second-order valence-corrected chi connectivity index (χ2v) is 9.40. The van der Waals surface area contributed by atoms with Crippen LogP contribution in [0.2, 0.25) is 0 Å². The summed E-state index contributed by atoms with van der Waals surface area (Å²) in [5.41, 5.74) is 3.28. The van der Waals surface area contributed by atoms with Crippen LogP contribution in [0.4, 0.5) is 11.4 Å². The molecule has 4 rings (SSSR count). The minimum absolute atomic E-state index is 0.107. The second kappa shape index (κ2) is 6.39. The Bertz CT molecular complexity index is 983. The topological polar surface area (TPSA) is 66.5 Å². The number of amides is 1. The third-order valence-corrected chi connectivity index (χ3v) is 7.15. The number of hydrogen-bond acceptors (Lipinski definition) is 3. The molecule has 0 unspecified atom stereocenters. The predicted octanol–water partition coefficient (Wildman–Crippen LogP) is 3.86. The van der Waals surface area contributed by atoms with Crippen LogP contribution in [0, 0.1) is 12.8 Å². The number of carbonyl (C=O) groups excluding carboxylic acids is 1. The highest BCUT2D eigenvalue weighted by Gasteiger charge is 2.37. The van der Waals surface area contributed by atoms with E-state index in [1.807, 2.05) is 25.1 Å². The van der Waals surface area contributed by atoms with Gasteiger partial charge in [0.15, 0.2) is 0 Å². The number of rotatable bonds is 4. The molecule has 7 heteroatoms. The molecule has 0 aromatic heterocycles. The van der Waals surface area contributed by atoms with Crippen LogP contribution in [0.1, 0.15) is 24.0 Å². The minimum atomic E-state index is -3.77. The molecule has 0 saturated heterocycles. The molecule has 2 aromatic carbocycles. The van der Waals surface area contributed by atoms with E-state index in [2.05, 4.69) is 20.7 Å². The first-order valence-corrected chi connectivity index (χ1v) is 10.9. The van der Waals surface area contributed by atoms with Crippen LogP contribution in [-0.2, 0) is 21.2 Å². The van der Waals surface area contributed by atoms with E-state index < -0.39 is 10.0 Å². The normalized spacial score (nSPS) is 16.5. The number of benzene rings is 2. The molecule has 1 N–H and O–H groups in total. The Morgan fingerprint density at radius 3 is 2.54 bits per heavy atom. The number of nitrogens with zero attached hydrogens (tertiary/aromatic N) is 1. The third-order valence-electron chi connectivity index (χ3n) is 4.81. The van der Waals surface area contributed by atoms with E-state index in [1.54, 1.807) is 23.1 Å². The van der Waals surface area contributed by atoms with Gasteiger partial charge in [0, 0.05) is 28.3 Å². The maximum atomic E-state index is 12.9. The molecule has 0 atom stereocenters. The molecule has 5 nitrogen and oxygen atoms in total. The zero-order chi connectivity index (χ0) is 18.5. The van der Waals surface area contributed by atoms with E-state index in [9.17, 15) is 13.2 Å². The molecule has 1 saturated carbocycles. The van der Waals surface area contributed by atoms with Gasteiger partial charge in [0.05, 0.1) is 0 Å². The lowest BCUT2D eigenvalue weighted by molar-refractivity contribution is -0.119. The van der Waals surface area contributed by atoms with Crippen molar-refractivity contribution in [1.29, 1.82) is 0 Å². The standard InChI is InChI=1S/C19H19BrN2O3S/c1-12-2-6-15(7-3-12)21-26(24,25)18-11-17-14(10-16(18)20)8-9-22(17)19(23)13-4-5-13/h2-3,6-7,10-11,13,21H,4-5,8-9H2,1H3. The van der Waals surface area contributed by atoms with Gasteiger partial charge in [-0.2, -0.15) is 0 Å². The summed E-state index contributed by atoms with van der Waals surface area (Å²) in [5, 5.41) is 0. The number of fused-ring (bicyclic) bond motifs is 1. The Labute approximate surface area is 161 Å². The van der Waals surface area contributed by atoms with Gasteiger partial charge in [-0.25, -0.2) is 8.42 Å². The second-order valence-electron chi connectivity index (χ2n) is 6.90. The van der Waals surface area contributed by atoms with Crippen molar-refractivity contribution in [2.45, 2.75) is 31.1 Å². The molecule has 0 radical (unpaired) electrons. The Morgan fingerprint density at radius 2 is 1.88 bits per heavy atom. The highest BCUT2D eigenvalue weighted by Crippen LogP contribution is 2.39. The van der Waals surface area contributed by atoms with Gasteiger partial charge in [-0.1, -0.05) is 17.7 Å². The fraction of sp³-hybridized carbons (Fsp3) is 0.316. The van der Waals surface area contributed by atoms with Gasteiger partial charge < -0.3 is 4.90 Å². The van der Waals surface area contributed by atoms with Gasteiger partial charge in [-0.3, -0.25) is 9.52 Å². The monoisotopic (exact) mass is 434 g/mol. The first-order valence-electron chi connectivity index (χ1n) is 8.58. The predicted molar refractivity (Wildman–Crippen MR) is 105 cm³/mol. The van der Waals surface area contributed by atoms with E-state index in [0.717, 1.165) is 36.1 Å². The molecular formula is C19H19BrN2O3S. The van der Waals surface area contributed by atoms with Crippen molar-refractivity contribution in [2.75, 3.05) is 16.2 Å². The van der Waals surface area contributed by atoms with Gasteiger partial charge in [-0.05, 0) is 71.9 Å². The van der Waals surface area contributed by atoms with Crippen LogP contribution in [0.3, 0.4) is 0 Å². The summed E-state index contributed by atoms with van der Waals surface area (Å²) in [4.78, 5) is 14.4. The SMILES string of the molecule is Cc1ccc(NS(=O)(=O)c2cc3c(cc2Br)CCN3C(=O)C2CC2)cc1. The highest BCUT2D eigenvalue weighted by atomic mass is 79.9. The first-order chi connectivity index (χ1) is 12.3. The number of carbonyl (C=O) groups is 1. The lowest BCUT2D eigenvalue weighted by Gasteiger charge is -2.18. The maximum absolute atomic E-state index is 12.9. The third kappa shape index (κ3) is 3.25. The molecule has 1 heterocycles. The number of sulfonamides is 1. The van der Waals surface area contributed by atoms with Crippen LogP contribution in [-0.4, -0.2) is 20.9 Å². The van der Waals surface area contributed by atoms with Crippen molar-refractivity contribution in [1.82, 2.24) is 0 Å². The summed E-state index contributed by atoms with van der Waals surface area (Å²) in [7, 11) is -3.77. The Kier molecular flexibility index (Phi) is 4.31. The molecule has 1 aliphatic carbocycles. The summed E-state index contributed by atoms with van der Waals surface area (Å²) in [6.07, 6.45) is 2.61. The lowest BCUT2D eigenvalue weighted by atomic mass is 10.2. The summed E-state index contributed by atoms with van der Waals surface area (Å²) >= 11 is 3.39. The molecule has 1 aliphatic heterocycles. The molecule has 0 bridgehead atoms. The smallest absolute Gasteiger partial charge is 0.263 e.